The third-order valence-corrected chi connectivity index (χ3v) is 2.68. The van der Waals surface area contributed by atoms with Crippen LogP contribution in [0.15, 0.2) is 24.3 Å². The van der Waals surface area contributed by atoms with E-state index in [0.29, 0.717) is 18.2 Å². The summed E-state index contributed by atoms with van der Waals surface area (Å²) in [6, 6.07) is 5.20. The smallest absolute Gasteiger partial charge is 0.158 e. The maximum atomic E-state index is 13.6. The van der Waals surface area contributed by atoms with Crippen molar-refractivity contribution in [3.8, 4) is 0 Å². The van der Waals surface area contributed by atoms with Crippen LogP contribution in [0.4, 0.5) is 26.1 Å². The lowest BCUT2D eigenvalue weighted by atomic mass is 10.3. The van der Waals surface area contributed by atoms with Gasteiger partial charge in [-0.25, -0.2) is 18.7 Å². The first kappa shape index (κ1) is 15.1. The number of rotatable bonds is 6. The van der Waals surface area contributed by atoms with Gasteiger partial charge in [0, 0.05) is 19.7 Å². The number of nitrogens with one attached hydrogen (secondary N) is 2. The molecule has 0 amide bonds. The maximum Gasteiger partial charge on any atom is 0.158 e. The van der Waals surface area contributed by atoms with Gasteiger partial charge in [0.25, 0.3) is 0 Å². The summed E-state index contributed by atoms with van der Waals surface area (Å²) in [5.74, 6) is -0.146. The van der Waals surface area contributed by atoms with Crippen LogP contribution in [0.3, 0.4) is 0 Å². The molecule has 0 radical (unpaired) electrons. The molecule has 7 heteroatoms. The molecule has 112 valence electrons. The Bertz CT molecular complexity index is 602. The molecule has 5 nitrogen and oxygen atoms in total. The van der Waals surface area contributed by atoms with E-state index in [9.17, 15) is 8.78 Å². The Hall–Kier alpha value is -2.28. The third kappa shape index (κ3) is 3.85. The first-order valence-corrected chi connectivity index (χ1v) is 6.48. The number of hydrogen-bond donors (Lipinski definition) is 2. The van der Waals surface area contributed by atoms with Gasteiger partial charge in [0.1, 0.15) is 35.6 Å². The zero-order chi connectivity index (χ0) is 15.2. The van der Waals surface area contributed by atoms with Crippen molar-refractivity contribution in [1.82, 2.24) is 9.97 Å². The summed E-state index contributed by atoms with van der Waals surface area (Å²) in [5, 5.41) is 5.50. The van der Waals surface area contributed by atoms with E-state index in [0.717, 1.165) is 0 Å². The second-order valence-corrected chi connectivity index (χ2v) is 4.16. The molecular formula is C14H16F2N4O. The Labute approximate surface area is 121 Å². The zero-order valence-electron chi connectivity index (χ0n) is 11.8. The summed E-state index contributed by atoms with van der Waals surface area (Å²) in [7, 11) is 1.69. The summed E-state index contributed by atoms with van der Waals surface area (Å²) < 4.78 is 32.5. The molecule has 2 rings (SSSR count). The van der Waals surface area contributed by atoms with E-state index >= 15 is 0 Å². The largest absolute Gasteiger partial charge is 0.374 e. The minimum Gasteiger partial charge on any atom is -0.374 e. The Kier molecular flexibility index (Phi) is 4.99. The number of hydrogen-bond acceptors (Lipinski definition) is 5. The van der Waals surface area contributed by atoms with Crippen LogP contribution in [0.5, 0.6) is 0 Å². The van der Waals surface area contributed by atoms with Crippen molar-refractivity contribution in [2.75, 3.05) is 24.3 Å². The van der Waals surface area contributed by atoms with Crippen LogP contribution >= 0.6 is 0 Å². The number of benzene rings is 1. The number of nitrogens with zero attached hydrogens (tertiary/aromatic N) is 2. The van der Waals surface area contributed by atoms with Crippen molar-refractivity contribution in [3.05, 3.63) is 41.7 Å². The minimum absolute atomic E-state index is 0.223. The monoisotopic (exact) mass is 294 g/mol. The van der Waals surface area contributed by atoms with Crippen LogP contribution in [0.1, 0.15) is 12.7 Å². The molecule has 2 N–H and O–H groups in total. The SMILES string of the molecule is CCOCc1nc(NC)cc(Nc2c(F)cccc2F)n1. The van der Waals surface area contributed by atoms with Gasteiger partial charge in [-0.15, -0.1) is 0 Å². The van der Waals surface area contributed by atoms with Crippen LogP contribution in [0.25, 0.3) is 0 Å². The fourth-order valence-corrected chi connectivity index (χ4v) is 1.69. The van der Waals surface area contributed by atoms with E-state index in [-0.39, 0.29) is 18.1 Å². The molecule has 0 fully saturated rings. The van der Waals surface area contributed by atoms with Gasteiger partial charge in [0.05, 0.1) is 0 Å². The molecule has 0 aliphatic heterocycles. The van der Waals surface area contributed by atoms with Crippen molar-refractivity contribution in [2.24, 2.45) is 0 Å². The van der Waals surface area contributed by atoms with Crippen molar-refractivity contribution in [2.45, 2.75) is 13.5 Å². The topological polar surface area (TPSA) is 59.1 Å². The number of halogens is 2. The van der Waals surface area contributed by atoms with E-state index in [1.807, 2.05) is 6.92 Å². The minimum atomic E-state index is -0.689. The molecule has 0 aliphatic rings. The Balaban J connectivity index is 2.30. The van der Waals surface area contributed by atoms with Crippen LogP contribution in [-0.4, -0.2) is 23.6 Å². The van der Waals surface area contributed by atoms with E-state index in [1.54, 1.807) is 13.1 Å². The highest BCUT2D eigenvalue weighted by Gasteiger charge is 2.11. The van der Waals surface area contributed by atoms with Crippen LogP contribution in [0.2, 0.25) is 0 Å². The Morgan fingerprint density at radius 1 is 1.14 bits per heavy atom. The molecule has 0 spiro atoms. The molecule has 0 saturated carbocycles. The van der Waals surface area contributed by atoms with Gasteiger partial charge in [-0.3, -0.25) is 0 Å². The Morgan fingerprint density at radius 2 is 1.81 bits per heavy atom. The average molecular weight is 294 g/mol. The third-order valence-electron chi connectivity index (χ3n) is 2.68. The first-order valence-electron chi connectivity index (χ1n) is 6.48. The zero-order valence-corrected chi connectivity index (χ0v) is 11.8. The number of aromatic nitrogens is 2. The normalized spacial score (nSPS) is 10.5. The van der Waals surface area contributed by atoms with Crippen molar-refractivity contribution >= 4 is 17.3 Å². The summed E-state index contributed by atoms with van der Waals surface area (Å²) >= 11 is 0. The average Bonchev–Trinajstić information content (AvgIpc) is 2.49. The van der Waals surface area contributed by atoms with Crippen LogP contribution in [0, 0.1) is 11.6 Å². The molecule has 0 unspecified atom stereocenters. The summed E-state index contributed by atoms with van der Waals surface area (Å²) in [4.78, 5) is 8.38. The van der Waals surface area contributed by atoms with E-state index in [4.69, 9.17) is 4.74 Å². The Morgan fingerprint density at radius 3 is 2.43 bits per heavy atom. The quantitative estimate of drug-likeness (QED) is 0.857. The van der Waals surface area contributed by atoms with Gasteiger partial charge in [-0.2, -0.15) is 0 Å². The van der Waals surface area contributed by atoms with E-state index in [2.05, 4.69) is 20.6 Å². The van der Waals surface area contributed by atoms with E-state index < -0.39 is 11.6 Å². The molecule has 0 aliphatic carbocycles. The van der Waals surface area contributed by atoms with E-state index in [1.165, 1.54) is 18.2 Å². The highest BCUT2D eigenvalue weighted by Crippen LogP contribution is 2.23. The standard InChI is InChI=1S/C14H16F2N4O/c1-3-21-8-13-18-11(17-2)7-12(19-13)20-14-9(15)5-4-6-10(14)16/h4-7H,3,8H2,1-2H3,(H2,17,18,19,20). The molecule has 0 saturated heterocycles. The molecule has 0 atom stereocenters. The van der Waals surface area contributed by atoms with Gasteiger partial charge < -0.3 is 15.4 Å². The van der Waals surface area contributed by atoms with Crippen LogP contribution < -0.4 is 10.6 Å². The van der Waals surface area contributed by atoms with Gasteiger partial charge in [-0.05, 0) is 19.1 Å². The summed E-state index contributed by atoms with van der Waals surface area (Å²) in [6.45, 7) is 2.61. The maximum absolute atomic E-state index is 13.6. The second kappa shape index (κ2) is 6.94. The molecule has 21 heavy (non-hydrogen) atoms. The van der Waals surface area contributed by atoms with Gasteiger partial charge in [0.15, 0.2) is 5.82 Å². The second-order valence-electron chi connectivity index (χ2n) is 4.16. The van der Waals surface area contributed by atoms with Crippen LogP contribution in [-0.2, 0) is 11.3 Å². The predicted molar refractivity (Wildman–Crippen MR) is 76.5 cm³/mol. The van der Waals surface area contributed by atoms with Gasteiger partial charge in [0.2, 0.25) is 0 Å². The number of para-hydroxylation sites is 1. The summed E-state index contributed by atoms with van der Waals surface area (Å²) in [6.07, 6.45) is 0. The highest BCUT2D eigenvalue weighted by atomic mass is 19.1. The first-order chi connectivity index (χ1) is 10.1. The lowest BCUT2D eigenvalue weighted by molar-refractivity contribution is 0.128. The summed E-state index contributed by atoms with van der Waals surface area (Å²) in [5.41, 5.74) is -0.249. The fraction of sp³-hybridized carbons (Fsp3) is 0.286. The lowest BCUT2D eigenvalue weighted by Gasteiger charge is -2.11. The van der Waals surface area contributed by atoms with Crippen molar-refractivity contribution in [1.29, 1.82) is 0 Å². The van der Waals surface area contributed by atoms with Crippen molar-refractivity contribution < 1.29 is 13.5 Å². The molecule has 1 heterocycles. The fourth-order valence-electron chi connectivity index (χ4n) is 1.69. The highest BCUT2D eigenvalue weighted by molar-refractivity contribution is 5.60. The number of anilines is 3. The molecular weight excluding hydrogens is 278 g/mol. The molecule has 1 aromatic carbocycles. The van der Waals surface area contributed by atoms with Gasteiger partial charge >= 0.3 is 0 Å². The molecule has 0 bridgehead atoms. The predicted octanol–water partition coefficient (Wildman–Crippen LogP) is 3.08. The lowest BCUT2D eigenvalue weighted by Crippen LogP contribution is -2.06. The number of ether oxygens (including phenoxy) is 1. The molecule has 2 aromatic rings. The molecule has 1 aromatic heterocycles. The van der Waals surface area contributed by atoms with Gasteiger partial charge in [-0.1, -0.05) is 6.07 Å². The van der Waals surface area contributed by atoms with Crippen molar-refractivity contribution in [3.63, 3.8) is 0 Å².